The Labute approximate surface area is 945 Å². The standard InChI is InChI=1S/C50H48Si.C42H44Si.C37H46Si.6CH3.6ClH.3Zr/c1-31-25-47-41(39-19-9-17-37-27-33-13-5-7-15-35(33)29-45(37)39)21-11-23-43(47)49(31)51(3,4)50-32(2)26-48-42(22-12-24-44(48)50)40-20-10-18-38-28-34-14-6-8-16-36(34)30-46(38)40;1-27-25-39-35(33-19-9-15-29-13-5-7-17-31(29)33)21-11-23-37(39)41(27)43(3,4)42-28(2)26-40-36(22-12-24-38(40)42)34-20-10-16-30-14-6-8-18-32(30)34;1-23-18-19-29(25(3)20-23)31-15-11-17-33-35(31)22-27(5)37(33)38(6,7)36-26(4)21-34-30(14-10-16-32(34)36)28-13-9-8-12-24(28)2;;;;;;;;;;;;;;;/h5-24,27-32,43-44,47-50H,25-26H2,1-4H3;5-24,27-28,37-42H,25-26H2,1-4H3;8-20,26-27,32-37H,21-22H2,1-7H3;6*1H3;6*1H;;;/q;;;6*-1;;;;;;;3*+4/p-6. The maximum atomic E-state index is 4.93. The van der Waals surface area contributed by atoms with Gasteiger partial charge in [-0.3, -0.25) is 0 Å². The normalized spacial score (nSPS) is 28.2. The third-order valence-corrected chi connectivity index (χ3v) is 53.4. The number of aryl methyl sites for hydroxylation is 3. The molecule has 147 heavy (non-hydrogen) atoms. The molecular weight excluding hydrogens is 2190 g/mol. The van der Waals surface area contributed by atoms with Crippen molar-refractivity contribution in [3.63, 3.8) is 0 Å². The molecule has 12 aromatic carbocycles. The van der Waals surface area contributed by atoms with Crippen molar-refractivity contribution in [2.24, 2.45) is 107 Å². The van der Waals surface area contributed by atoms with Crippen LogP contribution in [0, 0.1) is 172 Å². The number of fused-ring (bicyclic) bond motifs is 12. The summed E-state index contributed by atoms with van der Waals surface area (Å²) in [5.74, 6) is 12.3. The van der Waals surface area contributed by atoms with Gasteiger partial charge < -0.3 is 44.6 Å². The van der Waals surface area contributed by atoms with Crippen LogP contribution < -0.4 is 0 Å². The molecule has 24 atom stereocenters. The van der Waals surface area contributed by atoms with Crippen LogP contribution in [0.5, 0.6) is 0 Å². The third kappa shape index (κ3) is 22.8. The fraction of sp³-hybridized carbons (Fsp3) is 0.333. The second-order valence-corrected chi connectivity index (χ2v) is 72.0. The van der Waals surface area contributed by atoms with Crippen molar-refractivity contribution in [1.29, 1.82) is 0 Å². The number of rotatable bonds is 12. The summed E-state index contributed by atoms with van der Waals surface area (Å²) >= 11 is -2.48. The Kier molecular flexibility index (Phi) is 40.8. The molecule has 6 saturated carbocycles. The summed E-state index contributed by atoms with van der Waals surface area (Å²) in [5.41, 5.74) is 27.4. The Morgan fingerprint density at radius 2 is 0.429 bits per heavy atom. The van der Waals surface area contributed by atoms with Gasteiger partial charge in [0.05, 0.1) is 24.2 Å². The number of hydrogen-bond donors (Lipinski definition) is 0. The van der Waals surface area contributed by atoms with Gasteiger partial charge in [-0.2, -0.15) is 0 Å². The van der Waals surface area contributed by atoms with Crippen LogP contribution in [-0.2, 0) is 62.5 Å². The van der Waals surface area contributed by atoms with Crippen molar-refractivity contribution >= 4 is 173 Å². The summed E-state index contributed by atoms with van der Waals surface area (Å²) in [6, 6.07) is 89.2. The Balaban J connectivity index is 0.000000175. The SMILES string of the molecule is CC1CC2C(c3cccc4cc5ccccc5cc34)=CC=CC2C1[Si](C)(C)C1C(C)CC2C(c3cccc4cc5ccccc5cc34)=CC=CC21.CC1CC2C(c3cccc4ccccc34)=CC=CC2C1[Si](C)(C)C1C(C)CC2C(c3cccc4ccccc34)=CC=CC21.Cc1ccc(C2=CC=CC3C2CC(C)C3[Si](C)(C)C2C(C)CC3C(c4ccccc4C)=CC=CC32)c(C)c1.[CH3-].[CH3-].[CH3-].[CH3-].[CH3-].[CH3-].[Cl][Zr+2][Cl].[Cl][Zr+2][Cl].[Cl][Zr+2][Cl]. The molecule has 0 amide bonds. The van der Waals surface area contributed by atoms with Crippen molar-refractivity contribution in [3.8, 4) is 0 Å². The Morgan fingerprint density at radius 3 is 0.701 bits per heavy atom. The monoisotopic (exact) mass is 2340 g/mol. The third-order valence-electron chi connectivity index (χ3n) is 37.4. The fourth-order valence-corrected chi connectivity index (χ4v) is 52.2. The molecule has 0 bridgehead atoms. The zero-order chi connectivity index (χ0) is 98.6. The van der Waals surface area contributed by atoms with Crippen LogP contribution in [0.25, 0.3) is 98.1 Å². The van der Waals surface area contributed by atoms with Gasteiger partial charge in [-0.25, -0.2) is 0 Å². The summed E-state index contributed by atoms with van der Waals surface area (Å²) < 4.78 is 0. The average molecular weight is 2350 g/mol. The van der Waals surface area contributed by atoms with Gasteiger partial charge in [0.15, 0.2) is 0 Å². The molecule has 0 saturated heterocycles. The summed E-state index contributed by atoms with van der Waals surface area (Å²) in [6.45, 7) is 39.1. The van der Waals surface area contributed by atoms with E-state index in [0.717, 1.165) is 68.8 Å². The van der Waals surface area contributed by atoms with Crippen LogP contribution in [-0.4, -0.2) is 24.2 Å². The average Bonchev–Trinajstić information content (AvgIpc) is 1.56. The molecule has 12 aliphatic carbocycles. The second-order valence-electron chi connectivity index (χ2n) is 45.9. The van der Waals surface area contributed by atoms with Gasteiger partial charge in [0.25, 0.3) is 0 Å². The molecule has 0 aromatic heterocycles. The summed E-state index contributed by atoms with van der Waals surface area (Å²) in [5, 5.41) is 16.4. The first-order valence-electron chi connectivity index (χ1n) is 52.4. The molecule has 0 radical (unpaired) electrons. The van der Waals surface area contributed by atoms with Gasteiger partial charge in [0.1, 0.15) is 0 Å². The molecule has 0 heterocycles. The summed E-state index contributed by atoms with van der Waals surface area (Å²) in [4.78, 5) is 0. The molecule has 0 nitrogen and oxygen atoms in total. The number of hydrogen-bond acceptors (Lipinski definition) is 0. The van der Waals surface area contributed by atoms with Gasteiger partial charge >= 0.3 is 114 Å². The molecule has 6 fully saturated rings. The fourth-order valence-electron chi connectivity index (χ4n) is 33.2. The van der Waals surface area contributed by atoms with Gasteiger partial charge in [-0.1, -0.05) is 408 Å². The van der Waals surface area contributed by atoms with E-state index in [1.165, 1.54) is 153 Å². The van der Waals surface area contributed by atoms with Crippen molar-refractivity contribution < 1.29 is 62.5 Å². The van der Waals surface area contributed by atoms with E-state index in [2.05, 4.69) is 448 Å². The van der Waals surface area contributed by atoms with Crippen LogP contribution in [0.15, 0.2) is 346 Å². The minimum absolute atomic E-state index is 0. The van der Waals surface area contributed by atoms with E-state index in [4.69, 9.17) is 51.1 Å². The van der Waals surface area contributed by atoms with Crippen molar-refractivity contribution in [3.05, 3.63) is 441 Å². The van der Waals surface area contributed by atoms with Gasteiger partial charge in [-0.15, -0.1) is 0 Å². The maximum absolute atomic E-state index is 4.93. The molecule has 24 rings (SSSR count). The predicted octanol–water partition coefficient (Wildman–Crippen LogP) is 42.5. The number of halogens is 6. The Hall–Kier alpha value is -5.88. The quantitative estimate of drug-likeness (QED) is 0.0650. The van der Waals surface area contributed by atoms with E-state index in [1.807, 2.05) is 0 Å². The van der Waals surface area contributed by atoms with Crippen LogP contribution in [0.3, 0.4) is 0 Å². The molecule has 24 unspecified atom stereocenters. The topological polar surface area (TPSA) is 0 Å². The first-order chi connectivity index (χ1) is 68.2. The second kappa shape index (κ2) is 50.8. The van der Waals surface area contributed by atoms with Crippen molar-refractivity contribution in [1.82, 2.24) is 0 Å². The first-order valence-corrected chi connectivity index (χ1v) is 80.8. The van der Waals surface area contributed by atoms with Gasteiger partial charge in [0.2, 0.25) is 0 Å². The molecule has 12 aliphatic rings. The summed E-state index contributed by atoms with van der Waals surface area (Å²) in [7, 11) is 24.5. The number of benzene rings is 12. The predicted molar refractivity (Wildman–Crippen MR) is 654 cm³/mol. The number of allylic oxidation sites excluding steroid dienone is 24. The molecule has 762 valence electrons. The van der Waals surface area contributed by atoms with Crippen LogP contribution in [0.4, 0.5) is 0 Å². The molecule has 0 spiro atoms. The Bertz CT molecular complexity index is 6760. The molecule has 12 aromatic rings. The van der Waals surface area contributed by atoms with E-state index >= 15 is 0 Å². The Morgan fingerprint density at radius 1 is 0.218 bits per heavy atom. The van der Waals surface area contributed by atoms with Crippen LogP contribution in [0.2, 0.25) is 72.5 Å². The van der Waals surface area contributed by atoms with Crippen molar-refractivity contribution in [2.45, 2.75) is 173 Å². The van der Waals surface area contributed by atoms with Crippen LogP contribution >= 0.6 is 51.1 Å². The van der Waals surface area contributed by atoms with E-state index in [-0.39, 0.29) is 44.6 Å². The van der Waals surface area contributed by atoms with E-state index in [0.29, 0.717) is 71.0 Å². The molecule has 0 aliphatic heterocycles. The van der Waals surface area contributed by atoms with E-state index < -0.39 is 86.8 Å². The van der Waals surface area contributed by atoms with E-state index in [9.17, 15) is 0 Å². The zero-order valence-electron chi connectivity index (χ0n) is 90.8. The van der Waals surface area contributed by atoms with Crippen LogP contribution in [0.1, 0.15) is 130 Å². The zero-order valence-corrected chi connectivity index (χ0v) is 106. The van der Waals surface area contributed by atoms with Crippen molar-refractivity contribution in [2.75, 3.05) is 0 Å². The molecule has 0 N–H and O–H groups in total. The molecule has 12 heteroatoms. The summed E-state index contributed by atoms with van der Waals surface area (Å²) in [6.07, 6.45) is 52.9. The molecular formula is C135H156Cl6Si3Zr3. The van der Waals surface area contributed by atoms with Gasteiger partial charge in [0, 0.05) is 0 Å². The minimum atomic E-state index is -1.78. The first kappa shape index (κ1) is 118. The van der Waals surface area contributed by atoms with Gasteiger partial charge in [-0.05, 0) is 366 Å². The van der Waals surface area contributed by atoms with E-state index in [1.54, 1.807) is 33.4 Å².